The minimum Gasteiger partial charge on any atom is -0.348 e. The Morgan fingerprint density at radius 1 is 1.17 bits per heavy atom. The van der Waals surface area contributed by atoms with E-state index in [1.54, 1.807) is 18.3 Å². The Bertz CT molecular complexity index is 724. The summed E-state index contributed by atoms with van der Waals surface area (Å²) < 4.78 is 0. The quantitative estimate of drug-likeness (QED) is 0.802. The van der Waals surface area contributed by atoms with Crippen molar-refractivity contribution in [3.8, 4) is 0 Å². The molecule has 1 aromatic carbocycles. The molecule has 0 aliphatic rings. The smallest absolute Gasteiger partial charge is 0.253 e. The molecule has 5 heteroatoms. The Morgan fingerprint density at radius 3 is 2.67 bits per heavy atom. The van der Waals surface area contributed by atoms with Gasteiger partial charge in [0.2, 0.25) is 5.91 Å². The second-order valence-electron chi connectivity index (χ2n) is 5.67. The summed E-state index contributed by atoms with van der Waals surface area (Å²) in [5.41, 5.74) is 2.02. The summed E-state index contributed by atoms with van der Waals surface area (Å²) in [6, 6.07) is 10.8. The SMILES string of the molecule is CC(C)/C=C/C(=O)Nc1ccccc1CNC(=O)c1cccnc1. The highest BCUT2D eigenvalue weighted by Crippen LogP contribution is 2.15. The fourth-order valence-electron chi connectivity index (χ4n) is 2.03. The Morgan fingerprint density at radius 2 is 1.96 bits per heavy atom. The van der Waals surface area contributed by atoms with Crippen LogP contribution in [0.2, 0.25) is 0 Å². The maximum Gasteiger partial charge on any atom is 0.253 e. The molecule has 5 nitrogen and oxygen atoms in total. The van der Waals surface area contributed by atoms with Gasteiger partial charge in [0.15, 0.2) is 0 Å². The van der Waals surface area contributed by atoms with Gasteiger partial charge < -0.3 is 10.6 Å². The number of hydrogen-bond acceptors (Lipinski definition) is 3. The van der Waals surface area contributed by atoms with Crippen molar-refractivity contribution >= 4 is 17.5 Å². The first-order chi connectivity index (χ1) is 11.6. The molecule has 0 bridgehead atoms. The zero-order valence-electron chi connectivity index (χ0n) is 13.8. The minimum absolute atomic E-state index is 0.185. The highest BCUT2D eigenvalue weighted by Gasteiger charge is 2.08. The number of carbonyl (C=O) groups is 2. The van der Waals surface area contributed by atoms with E-state index in [0.29, 0.717) is 23.7 Å². The molecule has 0 spiro atoms. The topological polar surface area (TPSA) is 71.1 Å². The number of hydrogen-bond donors (Lipinski definition) is 2. The predicted molar refractivity (Wildman–Crippen MR) is 94.5 cm³/mol. The summed E-state index contributed by atoms with van der Waals surface area (Å²) in [6.45, 7) is 4.33. The van der Waals surface area contributed by atoms with Crippen LogP contribution in [0.25, 0.3) is 0 Å². The van der Waals surface area contributed by atoms with Crippen molar-refractivity contribution in [3.63, 3.8) is 0 Å². The summed E-state index contributed by atoms with van der Waals surface area (Å²) in [5, 5.41) is 5.67. The van der Waals surface area contributed by atoms with Crippen LogP contribution < -0.4 is 10.6 Å². The average Bonchev–Trinajstić information content (AvgIpc) is 2.59. The van der Waals surface area contributed by atoms with Crippen LogP contribution in [0.4, 0.5) is 5.69 Å². The lowest BCUT2D eigenvalue weighted by molar-refractivity contribution is -0.111. The van der Waals surface area contributed by atoms with Crippen LogP contribution in [0.5, 0.6) is 0 Å². The largest absolute Gasteiger partial charge is 0.348 e. The normalized spacial score (nSPS) is 10.8. The van der Waals surface area contributed by atoms with Crippen molar-refractivity contribution in [1.82, 2.24) is 10.3 Å². The van der Waals surface area contributed by atoms with E-state index in [1.165, 1.54) is 12.3 Å². The number of allylic oxidation sites excluding steroid dienone is 1. The molecule has 0 aliphatic heterocycles. The zero-order chi connectivity index (χ0) is 17.4. The molecule has 0 radical (unpaired) electrons. The maximum absolute atomic E-state index is 12.1. The second-order valence-corrected chi connectivity index (χ2v) is 5.67. The lowest BCUT2D eigenvalue weighted by Gasteiger charge is -2.11. The molecular weight excluding hydrogens is 302 g/mol. The van der Waals surface area contributed by atoms with Gasteiger partial charge in [0.25, 0.3) is 5.91 Å². The summed E-state index contributed by atoms with van der Waals surface area (Å²) in [4.78, 5) is 27.9. The number of rotatable bonds is 6. The van der Waals surface area contributed by atoms with Gasteiger partial charge in [-0.3, -0.25) is 14.6 Å². The molecule has 0 unspecified atom stereocenters. The minimum atomic E-state index is -0.205. The van der Waals surface area contributed by atoms with Crippen molar-refractivity contribution in [2.75, 3.05) is 5.32 Å². The van der Waals surface area contributed by atoms with Gasteiger partial charge in [-0.05, 0) is 35.8 Å². The molecule has 0 saturated heterocycles. The van der Waals surface area contributed by atoms with E-state index in [-0.39, 0.29) is 11.8 Å². The van der Waals surface area contributed by atoms with E-state index in [9.17, 15) is 9.59 Å². The fourth-order valence-corrected chi connectivity index (χ4v) is 2.03. The molecule has 2 amide bonds. The Labute approximate surface area is 141 Å². The van der Waals surface area contributed by atoms with E-state index in [4.69, 9.17) is 0 Å². The van der Waals surface area contributed by atoms with Crippen LogP contribution in [0.3, 0.4) is 0 Å². The van der Waals surface area contributed by atoms with Gasteiger partial charge in [-0.25, -0.2) is 0 Å². The standard InChI is InChI=1S/C19H21N3O2/c1-14(2)9-10-18(23)22-17-8-4-3-6-15(17)13-21-19(24)16-7-5-11-20-12-16/h3-12,14H,13H2,1-2H3,(H,21,24)(H,22,23)/b10-9+. The summed E-state index contributed by atoms with van der Waals surface area (Å²) >= 11 is 0. The molecule has 24 heavy (non-hydrogen) atoms. The van der Waals surface area contributed by atoms with Crippen LogP contribution >= 0.6 is 0 Å². The number of nitrogens with zero attached hydrogens (tertiary/aromatic N) is 1. The molecule has 0 fully saturated rings. The molecule has 2 N–H and O–H groups in total. The highest BCUT2D eigenvalue weighted by atomic mass is 16.2. The molecule has 1 heterocycles. The molecule has 2 aromatic rings. The van der Waals surface area contributed by atoms with E-state index in [1.807, 2.05) is 44.2 Å². The second kappa shape index (κ2) is 8.62. The van der Waals surface area contributed by atoms with Crippen molar-refractivity contribution in [2.45, 2.75) is 20.4 Å². The van der Waals surface area contributed by atoms with E-state index >= 15 is 0 Å². The summed E-state index contributed by atoms with van der Waals surface area (Å²) in [7, 11) is 0. The number of benzene rings is 1. The van der Waals surface area contributed by atoms with Crippen molar-refractivity contribution in [2.24, 2.45) is 5.92 Å². The molecule has 0 aliphatic carbocycles. The van der Waals surface area contributed by atoms with Crippen LogP contribution in [-0.2, 0) is 11.3 Å². The number of carbonyl (C=O) groups excluding carboxylic acids is 2. The third-order valence-corrected chi connectivity index (χ3v) is 3.27. The van der Waals surface area contributed by atoms with E-state index in [2.05, 4.69) is 15.6 Å². The number of nitrogens with one attached hydrogen (secondary N) is 2. The van der Waals surface area contributed by atoms with Crippen LogP contribution in [0.15, 0.2) is 60.9 Å². The van der Waals surface area contributed by atoms with Gasteiger partial charge in [0, 0.05) is 24.6 Å². The fraction of sp³-hybridized carbons (Fsp3) is 0.211. The average molecular weight is 323 g/mol. The van der Waals surface area contributed by atoms with Gasteiger partial charge >= 0.3 is 0 Å². The summed E-state index contributed by atoms with van der Waals surface area (Å²) in [5.74, 6) is -0.0802. The maximum atomic E-state index is 12.1. The number of aromatic nitrogens is 1. The molecular formula is C19H21N3O2. The molecule has 124 valence electrons. The number of amides is 2. The number of para-hydroxylation sites is 1. The molecule has 0 saturated carbocycles. The Hall–Kier alpha value is -2.95. The molecule has 2 rings (SSSR count). The Balaban J connectivity index is 2.01. The van der Waals surface area contributed by atoms with Gasteiger partial charge in [0.1, 0.15) is 0 Å². The Kier molecular flexibility index (Phi) is 6.25. The van der Waals surface area contributed by atoms with Gasteiger partial charge in [-0.1, -0.05) is 38.1 Å². The monoisotopic (exact) mass is 323 g/mol. The van der Waals surface area contributed by atoms with Crippen molar-refractivity contribution in [1.29, 1.82) is 0 Å². The summed E-state index contributed by atoms with van der Waals surface area (Å²) in [6.07, 6.45) is 6.49. The first kappa shape index (κ1) is 17.4. The third kappa shape index (κ3) is 5.35. The van der Waals surface area contributed by atoms with Crippen LogP contribution in [0.1, 0.15) is 29.8 Å². The van der Waals surface area contributed by atoms with E-state index < -0.39 is 0 Å². The van der Waals surface area contributed by atoms with Crippen molar-refractivity contribution < 1.29 is 9.59 Å². The molecule has 0 atom stereocenters. The lowest BCUT2D eigenvalue weighted by atomic mass is 10.1. The van der Waals surface area contributed by atoms with Crippen LogP contribution in [0, 0.1) is 5.92 Å². The van der Waals surface area contributed by atoms with Gasteiger partial charge in [-0.15, -0.1) is 0 Å². The third-order valence-electron chi connectivity index (χ3n) is 3.27. The highest BCUT2D eigenvalue weighted by molar-refractivity contribution is 6.00. The van der Waals surface area contributed by atoms with Gasteiger partial charge in [0.05, 0.1) is 5.56 Å². The lowest BCUT2D eigenvalue weighted by Crippen LogP contribution is -2.23. The number of pyridine rings is 1. The number of anilines is 1. The first-order valence-electron chi connectivity index (χ1n) is 7.81. The molecule has 1 aromatic heterocycles. The van der Waals surface area contributed by atoms with Gasteiger partial charge in [-0.2, -0.15) is 0 Å². The van der Waals surface area contributed by atoms with Crippen molar-refractivity contribution in [3.05, 3.63) is 72.1 Å². The predicted octanol–water partition coefficient (Wildman–Crippen LogP) is 3.16. The van der Waals surface area contributed by atoms with E-state index in [0.717, 1.165) is 5.56 Å². The zero-order valence-corrected chi connectivity index (χ0v) is 13.8. The first-order valence-corrected chi connectivity index (χ1v) is 7.81. The van der Waals surface area contributed by atoms with Crippen LogP contribution in [-0.4, -0.2) is 16.8 Å².